The van der Waals surface area contributed by atoms with Gasteiger partial charge >= 0.3 is 0 Å². The van der Waals surface area contributed by atoms with Crippen molar-refractivity contribution >= 4 is 5.78 Å². The molecule has 3 rings (SSSR count). The standard InChI is InChI=1S/C24H34O3/c1-8-11-17-14-23(13-10-3)15-18(12-9-2)21(4,5)24(19(17)25)16-26-22(6,7)27-20(23)24/h8-10,14,18,20H,1-3,11-13,15-16H2,4-7H3/t18-,20+,23-,24-/m0/s1. The first-order valence-corrected chi connectivity index (χ1v) is 10.0. The Hall–Kier alpha value is -1.45. The van der Waals surface area contributed by atoms with Crippen LogP contribution in [-0.2, 0) is 14.3 Å². The molecule has 2 fully saturated rings. The van der Waals surface area contributed by atoms with Crippen molar-refractivity contribution in [2.45, 2.75) is 65.3 Å². The van der Waals surface area contributed by atoms with Crippen LogP contribution in [0.1, 0.15) is 53.4 Å². The molecule has 0 radical (unpaired) electrons. The Morgan fingerprint density at radius 1 is 1.15 bits per heavy atom. The molecule has 0 aromatic heterocycles. The second-order valence-electron chi connectivity index (χ2n) is 9.52. The first-order chi connectivity index (χ1) is 12.6. The van der Waals surface area contributed by atoms with Crippen molar-refractivity contribution < 1.29 is 14.3 Å². The van der Waals surface area contributed by atoms with Gasteiger partial charge in [0.05, 0.1) is 18.1 Å². The molecule has 2 aliphatic carbocycles. The van der Waals surface area contributed by atoms with E-state index in [1.54, 1.807) is 0 Å². The third-order valence-corrected chi connectivity index (χ3v) is 7.31. The van der Waals surface area contributed by atoms with Gasteiger partial charge in [-0.1, -0.05) is 38.2 Å². The lowest BCUT2D eigenvalue weighted by Gasteiger charge is -2.68. The minimum atomic E-state index is -0.704. The number of ketones is 1. The second-order valence-corrected chi connectivity index (χ2v) is 9.52. The van der Waals surface area contributed by atoms with Gasteiger partial charge in [-0.15, -0.1) is 19.7 Å². The van der Waals surface area contributed by atoms with Gasteiger partial charge in [-0.05, 0) is 56.4 Å². The number of Topliss-reactive ketones (excluding diaryl/α,β-unsaturated/α-hetero) is 1. The van der Waals surface area contributed by atoms with Crippen LogP contribution in [0.5, 0.6) is 0 Å². The topological polar surface area (TPSA) is 35.5 Å². The van der Waals surface area contributed by atoms with Crippen molar-refractivity contribution in [2.24, 2.45) is 22.2 Å². The maximum absolute atomic E-state index is 13.9. The van der Waals surface area contributed by atoms with Crippen LogP contribution in [-0.4, -0.2) is 24.3 Å². The van der Waals surface area contributed by atoms with Crippen molar-refractivity contribution in [3.05, 3.63) is 49.6 Å². The molecule has 0 amide bonds. The molecule has 1 aliphatic heterocycles. The predicted molar refractivity (Wildman–Crippen MR) is 109 cm³/mol. The zero-order chi connectivity index (χ0) is 20.1. The molecule has 0 aromatic rings. The molecule has 1 saturated carbocycles. The fourth-order valence-corrected chi connectivity index (χ4v) is 5.81. The van der Waals surface area contributed by atoms with Crippen LogP contribution in [0.15, 0.2) is 49.6 Å². The van der Waals surface area contributed by atoms with Gasteiger partial charge in [0.25, 0.3) is 0 Å². The molecular formula is C24H34O3. The number of carbonyl (C=O) groups is 1. The van der Waals surface area contributed by atoms with E-state index in [0.717, 1.165) is 24.8 Å². The molecule has 4 atom stereocenters. The maximum atomic E-state index is 13.9. The summed E-state index contributed by atoms with van der Waals surface area (Å²) in [5.74, 6) is -0.210. The van der Waals surface area contributed by atoms with Gasteiger partial charge in [0, 0.05) is 5.41 Å². The molecule has 0 aromatic carbocycles. The quantitative estimate of drug-likeness (QED) is 0.588. The molecule has 0 spiro atoms. The van der Waals surface area contributed by atoms with Crippen LogP contribution < -0.4 is 0 Å². The van der Waals surface area contributed by atoms with E-state index in [9.17, 15) is 4.79 Å². The molecule has 1 heterocycles. The highest BCUT2D eigenvalue weighted by molar-refractivity contribution is 6.03. The van der Waals surface area contributed by atoms with Gasteiger partial charge in [0.2, 0.25) is 0 Å². The Morgan fingerprint density at radius 2 is 1.85 bits per heavy atom. The third-order valence-electron chi connectivity index (χ3n) is 7.31. The fraction of sp³-hybridized carbons (Fsp3) is 0.625. The average Bonchev–Trinajstić information content (AvgIpc) is 2.58. The number of hydrogen-bond donors (Lipinski definition) is 0. The summed E-state index contributed by atoms with van der Waals surface area (Å²) in [6.45, 7) is 20.6. The highest BCUT2D eigenvalue weighted by atomic mass is 16.7. The van der Waals surface area contributed by atoms with Gasteiger partial charge in [-0.25, -0.2) is 0 Å². The van der Waals surface area contributed by atoms with E-state index in [0.29, 0.717) is 18.9 Å². The monoisotopic (exact) mass is 370 g/mol. The predicted octanol–water partition coefficient (Wildman–Crippen LogP) is 5.39. The van der Waals surface area contributed by atoms with Crippen LogP contribution in [0, 0.1) is 22.2 Å². The van der Waals surface area contributed by atoms with Gasteiger partial charge in [-0.3, -0.25) is 4.79 Å². The number of allylic oxidation sites excluding steroid dienone is 4. The number of carbonyl (C=O) groups excluding carboxylic acids is 1. The number of rotatable bonds is 6. The largest absolute Gasteiger partial charge is 0.349 e. The lowest BCUT2D eigenvalue weighted by atomic mass is 9.40. The van der Waals surface area contributed by atoms with Gasteiger partial charge < -0.3 is 9.47 Å². The summed E-state index contributed by atoms with van der Waals surface area (Å²) < 4.78 is 12.7. The lowest BCUT2D eigenvalue weighted by Crippen LogP contribution is -2.73. The molecule has 3 nitrogen and oxygen atoms in total. The minimum absolute atomic E-state index is 0.168. The van der Waals surface area contributed by atoms with Crippen LogP contribution >= 0.6 is 0 Å². The second kappa shape index (κ2) is 6.56. The highest BCUT2D eigenvalue weighted by Crippen LogP contribution is 2.68. The highest BCUT2D eigenvalue weighted by Gasteiger charge is 2.72. The summed E-state index contributed by atoms with van der Waals surface area (Å²) in [6, 6.07) is 0. The van der Waals surface area contributed by atoms with E-state index >= 15 is 0 Å². The summed E-state index contributed by atoms with van der Waals surface area (Å²) in [6.07, 6.45) is 10.9. The maximum Gasteiger partial charge on any atom is 0.170 e. The molecule has 1 saturated heterocycles. The molecular weight excluding hydrogens is 336 g/mol. The van der Waals surface area contributed by atoms with Gasteiger partial charge in [-0.2, -0.15) is 0 Å². The lowest BCUT2D eigenvalue weighted by molar-refractivity contribution is -0.361. The summed E-state index contributed by atoms with van der Waals surface area (Å²) in [5.41, 5.74) is -0.381. The van der Waals surface area contributed by atoms with E-state index in [2.05, 4.69) is 39.7 Å². The first-order valence-electron chi connectivity index (χ1n) is 10.0. The van der Waals surface area contributed by atoms with Crippen LogP contribution in [0.4, 0.5) is 0 Å². The molecule has 27 heavy (non-hydrogen) atoms. The fourth-order valence-electron chi connectivity index (χ4n) is 5.81. The van der Waals surface area contributed by atoms with Crippen molar-refractivity contribution in [3.63, 3.8) is 0 Å². The van der Waals surface area contributed by atoms with E-state index in [1.807, 2.05) is 32.1 Å². The molecule has 3 heteroatoms. The molecule has 0 N–H and O–H groups in total. The average molecular weight is 371 g/mol. The van der Waals surface area contributed by atoms with Crippen molar-refractivity contribution in [2.75, 3.05) is 6.61 Å². The Kier molecular flexibility index (Phi) is 4.93. The summed E-state index contributed by atoms with van der Waals surface area (Å²) in [4.78, 5) is 13.9. The van der Waals surface area contributed by atoms with E-state index in [4.69, 9.17) is 9.47 Å². The molecule has 2 bridgehead atoms. The minimum Gasteiger partial charge on any atom is -0.349 e. The smallest absolute Gasteiger partial charge is 0.170 e. The van der Waals surface area contributed by atoms with Crippen molar-refractivity contribution in [3.8, 4) is 0 Å². The van der Waals surface area contributed by atoms with Crippen molar-refractivity contribution in [1.29, 1.82) is 0 Å². The zero-order valence-corrected chi connectivity index (χ0v) is 17.3. The van der Waals surface area contributed by atoms with E-state index in [-0.39, 0.29) is 22.7 Å². The Balaban J connectivity index is 2.29. The van der Waals surface area contributed by atoms with Gasteiger partial charge in [0.15, 0.2) is 11.6 Å². The molecule has 148 valence electrons. The Labute approximate surface area is 164 Å². The van der Waals surface area contributed by atoms with Crippen LogP contribution in [0.25, 0.3) is 0 Å². The summed E-state index contributed by atoms with van der Waals surface area (Å²) >= 11 is 0. The van der Waals surface area contributed by atoms with Crippen LogP contribution in [0.3, 0.4) is 0 Å². The normalized spacial score (nSPS) is 39.1. The Bertz CT molecular complexity index is 698. The third kappa shape index (κ3) is 2.74. The zero-order valence-electron chi connectivity index (χ0n) is 17.3. The van der Waals surface area contributed by atoms with Crippen LogP contribution in [0.2, 0.25) is 0 Å². The molecule has 3 aliphatic rings. The van der Waals surface area contributed by atoms with E-state index < -0.39 is 11.2 Å². The number of ether oxygens (including phenoxy) is 2. The first kappa shape index (κ1) is 20.3. The number of hydrogen-bond acceptors (Lipinski definition) is 3. The van der Waals surface area contributed by atoms with Gasteiger partial charge in [0.1, 0.15) is 0 Å². The summed E-state index contributed by atoms with van der Waals surface area (Å²) in [7, 11) is 0. The Morgan fingerprint density at radius 3 is 2.44 bits per heavy atom. The summed E-state index contributed by atoms with van der Waals surface area (Å²) in [5, 5.41) is 0. The van der Waals surface area contributed by atoms with Crippen molar-refractivity contribution in [1.82, 2.24) is 0 Å². The SMILES string of the molecule is C=CCC1=C[C@@]2(CC=C)C[C@H](CC=C)C(C)(C)[C@@]3(COC(C)(C)O[C@H]23)C1=O. The van der Waals surface area contributed by atoms with E-state index in [1.165, 1.54) is 0 Å². The molecule has 0 unspecified atom stereocenters.